The van der Waals surface area contributed by atoms with Gasteiger partial charge in [-0.1, -0.05) is 0 Å². The summed E-state index contributed by atoms with van der Waals surface area (Å²) in [5.41, 5.74) is 5.59. The molecule has 0 aliphatic heterocycles. The summed E-state index contributed by atoms with van der Waals surface area (Å²) < 4.78 is 28.3. The molecule has 1 atom stereocenters. The Hall–Kier alpha value is -3.62. The van der Waals surface area contributed by atoms with Gasteiger partial charge in [0.25, 0.3) is 11.8 Å². The van der Waals surface area contributed by atoms with Gasteiger partial charge in [-0.3, -0.25) is 9.59 Å². The molecule has 0 bridgehead atoms. The second-order valence-corrected chi connectivity index (χ2v) is 5.66. The van der Waals surface area contributed by atoms with Crippen molar-refractivity contribution in [1.29, 1.82) is 0 Å². The number of primary amides is 1. The maximum Gasteiger partial charge on any atom is 0.339 e. The molecule has 0 fully saturated rings. The van der Waals surface area contributed by atoms with Gasteiger partial charge in [0, 0.05) is 5.69 Å². The van der Waals surface area contributed by atoms with Gasteiger partial charge < -0.3 is 25.3 Å². The molecule has 2 rings (SSSR count). The van der Waals surface area contributed by atoms with E-state index in [4.69, 9.17) is 19.9 Å². The van der Waals surface area contributed by atoms with Crippen LogP contribution < -0.4 is 20.5 Å². The summed E-state index contributed by atoms with van der Waals surface area (Å²) in [6.45, 7) is 1.02. The summed E-state index contributed by atoms with van der Waals surface area (Å²) in [5, 5.41) is 2.55. The third-order valence-corrected chi connectivity index (χ3v) is 3.57. The lowest BCUT2D eigenvalue weighted by atomic mass is 10.2. The Morgan fingerprint density at radius 1 is 1.11 bits per heavy atom. The number of nitrogens with two attached hydrogens (primary N) is 1. The maximum atomic E-state index is 12.9. The molecule has 0 aliphatic rings. The minimum absolute atomic E-state index is 0.119. The molecule has 2 aromatic carbocycles. The highest BCUT2D eigenvalue weighted by atomic mass is 19.1. The van der Waals surface area contributed by atoms with Gasteiger partial charge in [0.15, 0.2) is 24.2 Å². The minimum atomic E-state index is -1.08. The smallest absolute Gasteiger partial charge is 0.339 e. The molecule has 0 heterocycles. The number of ether oxygens (including phenoxy) is 3. The lowest BCUT2D eigenvalue weighted by Crippen LogP contribution is -2.30. The standard InChI is InChI=1S/C19H19FN2O6/c1-11(18(21)24)28-19(25)12-3-8-15(16(9-12)26-2)27-10-17(23)22-14-6-4-13(20)5-7-14/h3-9,11H,10H2,1-2H3,(H2,21,24)(H,22,23)/t11-/m1/s1. The van der Waals surface area contributed by atoms with Crippen LogP contribution in [-0.2, 0) is 14.3 Å². The quantitative estimate of drug-likeness (QED) is 0.665. The third kappa shape index (κ3) is 5.70. The number of methoxy groups -OCH3 is 1. The summed E-state index contributed by atoms with van der Waals surface area (Å²) in [7, 11) is 1.36. The molecule has 0 aromatic heterocycles. The minimum Gasteiger partial charge on any atom is -0.493 e. The van der Waals surface area contributed by atoms with Crippen molar-refractivity contribution in [2.75, 3.05) is 19.0 Å². The summed E-state index contributed by atoms with van der Waals surface area (Å²) in [5.74, 6) is -2.00. The number of rotatable bonds is 8. The van der Waals surface area contributed by atoms with E-state index in [0.717, 1.165) is 0 Å². The van der Waals surface area contributed by atoms with Crippen molar-refractivity contribution in [3.63, 3.8) is 0 Å². The fourth-order valence-electron chi connectivity index (χ4n) is 2.07. The zero-order valence-electron chi connectivity index (χ0n) is 15.2. The fraction of sp³-hybridized carbons (Fsp3) is 0.211. The van der Waals surface area contributed by atoms with E-state index < -0.39 is 29.7 Å². The Morgan fingerprint density at radius 2 is 1.79 bits per heavy atom. The van der Waals surface area contributed by atoms with Crippen LogP contribution in [0.2, 0.25) is 0 Å². The van der Waals surface area contributed by atoms with E-state index >= 15 is 0 Å². The topological polar surface area (TPSA) is 117 Å². The molecule has 0 radical (unpaired) electrons. The summed E-state index contributed by atoms with van der Waals surface area (Å²) >= 11 is 0. The lowest BCUT2D eigenvalue weighted by molar-refractivity contribution is -0.125. The highest BCUT2D eigenvalue weighted by Crippen LogP contribution is 2.28. The first-order valence-electron chi connectivity index (χ1n) is 8.16. The van der Waals surface area contributed by atoms with Gasteiger partial charge in [-0.25, -0.2) is 9.18 Å². The van der Waals surface area contributed by atoms with E-state index in [-0.39, 0.29) is 23.7 Å². The van der Waals surface area contributed by atoms with Gasteiger partial charge in [0.2, 0.25) is 0 Å². The number of benzene rings is 2. The highest BCUT2D eigenvalue weighted by Gasteiger charge is 2.18. The predicted octanol–water partition coefficient (Wildman–Crippen LogP) is 1.88. The number of nitrogens with one attached hydrogen (secondary N) is 1. The zero-order valence-corrected chi connectivity index (χ0v) is 15.2. The molecule has 0 spiro atoms. The maximum absolute atomic E-state index is 12.9. The molecule has 9 heteroatoms. The number of carbonyl (C=O) groups is 3. The van der Waals surface area contributed by atoms with E-state index in [9.17, 15) is 18.8 Å². The van der Waals surface area contributed by atoms with Crippen LogP contribution >= 0.6 is 0 Å². The summed E-state index contributed by atoms with van der Waals surface area (Å²) in [6.07, 6.45) is -1.08. The van der Waals surface area contributed by atoms with Crippen molar-refractivity contribution in [2.45, 2.75) is 13.0 Å². The van der Waals surface area contributed by atoms with Crippen LogP contribution in [0.5, 0.6) is 11.5 Å². The van der Waals surface area contributed by atoms with Gasteiger partial charge in [-0.15, -0.1) is 0 Å². The Bertz CT molecular complexity index is 869. The Balaban J connectivity index is 1.99. The molecule has 2 amide bonds. The van der Waals surface area contributed by atoms with Crippen molar-refractivity contribution in [1.82, 2.24) is 0 Å². The Kier molecular flexibility index (Phi) is 6.91. The van der Waals surface area contributed by atoms with Crippen LogP contribution in [0.3, 0.4) is 0 Å². The summed E-state index contributed by atoms with van der Waals surface area (Å²) in [4.78, 5) is 34.9. The van der Waals surface area contributed by atoms with Gasteiger partial charge in [0.05, 0.1) is 12.7 Å². The van der Waals surface area contributed by atoms with Crippen LogP contribution in [0.15, 0.2) is 42.5 Å². The van der Waals surface area contributed by atoms with E-state index in [2.05, 4.69) is 5.32 Å². The van der Waals surface area contributed by atoms with E-state index in [1.54, 1.807) is 0 Å². The molecule has 0 unspecified atom stereocenters. The third-order valence-electron chi connectivity index (χ3n) is 3.57. The van der Waals surface area contributed by atoms with Crippen LogP contribution in [0.4, 0.5) is 10.1 Å². The molecule has 2 aromatic rings. The highest BCUT2D eigenvalue weighted by molar-refractivity contribution is 5.93. The number of halogens is 1. The SMILES string of the molecule is COc1cc(C(=O)O[C@H](C)C(N)=O)ccc1OCC(=O)Nc1ccc(F)cc1. The molecular weight excluding hydrogens is 371 g/mol. The number of hydrogen-bond acceptors (Lipinski definition) is 6. The van der Waals surface area contributed by atoms with E-state index in [0.29, 0.717) is 5.69 Å². The van der Waals surface area contributed by atoms with Gasteiger partial charge in [-0.05, 0) is 49.4 Å². The van der Waals surface area contributed by atoms with Gasteiger partial charge in [-0.2, -0.15) is 0 Å². The Labute approximate surface area is 160 Å². The average Bonchev–Trinajstić information content (AvgIpc) is 2.67. The number of amides is 2. The van der Waals surface area contributed by atoms with E-state index in [1.807, 2.05) is 0 Å². The second-order valence-electron chi connectivity index (χ2n) is 5.66. The predicted molar refractivity (Wildman–Crippen MR) is 97.6 cm³/mol. The zero-order chi connectivity index (χ0) is 20.7. The molecule has 0 aliphatic carbocycles. The fourth-order valence-corrected chi connectivity index (χ4v) is 2.07. The van der Waals surface area contributed by atoms with Crippen LogP contribution in [-0.4, -0.2) is 37.6 Å². The first-order chi connectivity index (χ1) is 13.3. The number of carbonyl (C=O) groups excluding carboxylic acids is 3. The lowest BCUT2D eigenvalue weighted by Gasteiger charge is -2.13. The molecule has 0 saturated heterocycles. The number of hydrogen-bond donors (Lipinski definition) is 2. The van der Waals surface area contributed by atoms with Crippen molar-refractivity contribution < 1.29 is 33.0 Å². The first kappa shape index (κ1) is 20.7. The summed E-state index contributed by atoms with van der Waals surface area (Å²) in [6, 6.07) is 9.44. The van der Waals surface area contributed by atoms with Crippen LogP contribution in [0, 0.1) is 5.82 Å². The Morgan fingerprint density at radius 3 is 2.39 bits per heavy atom. The van der Waals surface area contributed by atoms with Crippen LogP contribution in [0.25, 0.3) is 0 Å². The van der Waals surface area contributed by atoms with Crippen molar-refractivity contribution in [3.8, 4) is 11.5 Å². The first-order valence-corrected chi connectivity index (χ1v) is 8.16. The number of anilines is 1. The van der Waals surface area contributed by atoms with Crippen molar-refractivity contribution >= 4 is 23.5 Å². The molecule has 148 valence electrons. The molecule has 28 heavy (non-hydrogen) atoms. The average molecular weight is 390 g/mol. The van der Waals surface area contributed by atoms with Crippen molar-refractivity contribution in [2.24, 2.45) is 5.73 Å². The molecular formula is C19H19FN2O6. The van der Waals surface area contributed by atoms with Crippen LogP contribution in [0.1, 0.15) is 17.3 Å². The second kappa shape index (κ2) is 9.36. The molecule has 3 N–H and O–H groups in total. The van der Waals surface area contributed by atoms with Gasteiger partial charge >= 0.3 is 5.97 Å². The van der Waals surface area contributed by atoms with Crippen molar-refractivity contribution in [3.05, 3.63) is 53.8 Å². The monoisotopic (exact) mass is 390 g/mol. The van der Waals surface area contributed by atoms with Gasteiger partial charge in [0.1, 0.15) is 5.82 Å². The largest absolute Gasteiger partial charge is 0.493 e. The molecule has 0 saturated carbocycles. The number of esters is 1. The molecule has 8 nitrogen and oxygen atoms in total. The van der Waals surface area contributed by atoms with E-state index in [1.165, 1.54) is 56.5 Å². The normalized spacial score (nSPS) is 11.2.